The van der Waals surface area contributed by atoms with Crippen molar-refractivity contribution in [2.75, 3.05) is 6.54 Å². The molecule has 0 aliphatic rings. The Kier molecular flexibility index (Phi) is 3.22. The lowest BCUT2D eigenvalue weighted by Gasteiger charge is -2.25. The minimum absolute atomic E-state index is 0.0552. The minimum atomic E-state index is -0.369. The molecule has 0 saturated carbocycles. The summed E-state index contributed by atoms with van der Waals surface area (Å²) in [6.45, 7) is 6.09. The summed E-state index contributed by atoms with van der Waals surface area (Å²) in [5.41, 5.74) is 2.13. The van der Waals surface area contributed by atoms with E-state index in [1.165, 1.54) is 11.5 Å². The molecule has 2 aromatic rings. The number of hydrogen-bond acceptors (Lipinski definition) is 3. The van der Waals surface area contributed by atoms with Gasteiger partial charge < -0.3 is 9.73 Å². The first-order chi connectivity index (χ1) is 8.81. The number of aryl methyl sites for hydroxylation is 1. The highest BCUT2D eigenvalue weighted by Gasteiger charge is 2.22. The molecule has 0 atom stereocenters. The zero-order chi connectivity index (χ0) is 14.2. The van der Waals surface area contributed by atoms with E-state index in [-0.39, 0.29) is 17.1 Å². The molecule has 0 fully saturated rings. The predicted octanol–water partition coefficient (Wildman–Crippen LogP) is 1.55. The van der Waals surface area contributed by atoms with E-state index in [1.54, 1.807) is 7.05 Å². The molecule has 0 aliphatic heterocycles. The van der Waals surface area contributed by atoms with Crippen LogP contribution in [-0.4, -0.2) is 17.0 Å². The fourth-order valence-corrected chi connectivity index (χ4v) is 2.00. The fourth-order valence-electron chi connectivity index (χ4n) is 2.00. The molecule has 102 valence electrons. The lowest BCUT2D eigenvalue weighted by Crippen LogP contribution is -2.35. The van der Waals surface area contributed by atoms with E-state index in [2.05, 4.69) is 5.32 Å². The molecular formula is C14H18N2O3. The average Bonchev–Trinajstić information content (AvgIpc) is 2.62. The van der Waals surface area contributed by atoms with Crippen LogP contribution in [0.2, 0.25) is 0 Å². The highest BCUT2D eigenvalue weighted by atomic mass is 16.4. The number of aromatic nitrogens is 1. The first kappa shape index (κ1) is 13.4. The molecule has 0 aliphatic carbocycles. The van der Waals surface area contributed by atoms with Crippen molar-refractivity contribution in [2.24, 2.45) is 7.05 Å². The van der Waals surface area contributed by atoms with Gasteiger partial charge >= 0.3 is 5.76 Å². The lowest BCUT2D eigenvalue weighted by molar-refractivity contribution is -0.119. The van der Waals surface area contributed by atoms with Crippen molar-refractivity contribution in [3.8, 4) is 0 Å². The molecule has 2 rings (SSSR count). The number of hydrogen-bond donors (Lipinski definition) is 1. The van der Waals surface area contributed by atoms with Gasteiger partial charge in [0.2, 0.25) is 5.91 Å². The van der Waals surface area contributed by atoms with Gasteiger partial charge in [0.05, 0.1) is 5.52 Å². The monoisotopic (exact) mass is 262 g/mol. The lowest BCUT2D eigenvalue weighted by atomic mass is 9.84. The Morgan fingerprint density at radius 1 is 1.42 bits per heavy atom. The molecule has 1 aromatic carbocycles. The molecule has 1 heterocycles. The Morgan fingerprint density at radius 2 is 2.11 bits per heavy atom. The van der Waals surface area contributed by atoms with Crippen LogP contribution >= 0.6 is 0 Å². The number of nitrogens with zero attached hydrogens (tertiary/aromatic N) is 1. The normalized spacial score (nSPS) is 11.8. The number of amides is 1. The molecule has 1 N–H and O–H groups in total. The van der Waals surface area contributed by atoms with Crippen molar-refractivity contribution < 1.29 is 9.21 Å². The molecular weight excluding hydrogens is 244 g/mol. The van der Waals surface area contributed by atoms with E-state index in [4.69, 9.17) is 4.42 Å². The Bertz CT molecular complexity index is 680. The van der Waals surface area contributed by atoms with Crippen LogP contribution in [0, 0.1) is 0 Å². The van der Waals surface area contributed by atoms with Crippen LogP contribution in [0.1, 0.15) is 26.3 Å². The van der Waals surface area contributed by atoms with Gasteiger partial charge in [-0.3, -0.25) is 9.36 Å². The summed E-state index contributed by atoms with van der Waals surface area (Å²) >= 11 is 0. The molecule has 0 radical (unpaired) electrons. The highest BCUT2D eigenvalue weighted by molar-refractivity contribution is 5.74. The van der Waals surface area contributed by atoms with Gasteiger partial charge in [-0.05, 0) is 17.7 Å². The molecule has 0 unspecified atom stereocenters. The van der Waals surface area contributed by atoms with Gasteiger partial charge in [0.15, 0.2) is 5.58 Å². The van der Waals surface area contributed by atoms with Crippen LogP contribution in [-0.2, 0) is 17.3 Å². The standard InChI is InChI=1S/C14H18N2O3/c1-9(17)15-8-14(2,3)10-5-6-11-12(7-10)19-13(18)16(11)4/h5-7H,8H2,1-4H3,(H,15,17). The van der Waals surface area contributed by atoms with Crippen LogP contribution < -0.4 is 11.1 Å². The number of nitrogens with one attached hydrogen (secondary N) is 1. The van der Waals surface area contributed by atoms with E-state index in [9.17, 15) is 9.59 Å². The second-order valence-corrected chi connectivity index (χ2v) is 5.40. The largest absolute Gasteiger partial charge is 0.419 e. The summed E-state index contributed by atoms with van der Waals surface area (Å²) < 4.78 is 6.65. The minimum Gasteiger partial charge on any atom is -0.408 e. The Balaban J connectivity index is 2.40. The van der Waals surface area contributed by atoms with E-state index < -0.39 is 0 Å². The molecule has 0 saturated heterocycles. The van der Waals surface area contributed by atoms with Gasteiger partial charge in [-0.2, -0.15) is 0 Å². The molecule has 5 heteroatoms. The first-order valence-electron chi connectivity index (χ1n) is 6.16. The molecule has 1 amide bonds. The van der Waals surface area contributed by atoms with Crippen molar-refractivity contribution in [1.82, 2.24) is 9.88 Å². The third-order valence-electron chi connectivity index (χ3n) is 3.35. The summed E-state index contributed by atoms with van der Waals surface area (Å²) in [5, 5.41) is 2.81. The second-order valence-electron chi connectivity index (χ2n) is 5.40. The summed E-state index contributed by atoms with van der Waals surface area (Å²) in [6.07, 6.45) is 0. The molecule has 0 bridgehead atoms. The number of carbonyl (C=O) groups is 1. The Hall–Kier alpha value is -2.04. The quantitative estimate of drug-likeness (QED) is 0.912. The summed E-state index contributed by atoms with van der Waals surface area (Å²) in [7, 11) is 1.68. The number of fused-ring (bicyclic) bond motifs is 1. The van der Waals surface area contributed by atoms with Crippen molar-refractivity contribution in [2.45, 2.75) is 26.2 Å². The topological polar surface area (TPSA) is 64.2 Å². The van der Waals surface area contributed by atoms with Crippen LogP contribution in [0.3, 0.4) is 0 Å². The van der Waals surface area contributed by atoms with Crippen LogP contribution in [0.25, 0.3) is 11.1 Å². The summed E-state index contributed by atoms with van der Waals surface area (Å²) in [5.74, 6) is -0.424. The zero-order valence-corrected chi connectivity index (χ0v) is 11.6. The molecule has 1 aromatic heterocycles. The van der Waals surface area contributed by atoms with Crippen LogP contribution in [0.5, 0.6) is 0 Å². The summed E-state index contributed by atoms with van der Waals surface area (Å²) in [6, 6.07) is 5.68. The van der Waals surface area contributed by atoms with Crippen molar-refractivity contribution >= 4 is 17.0 Å². The Morgan fingerprint density at radius 3 is 2.74 bits per heavy atom. The van der Waals surface area contributed by atoms with Gasteiger partial charge in [-0.25, -0.2) is 4.79 Å². The van der Waals surface area contributed by atoms with E-state index in [0.717, 1.165) is 11.1 Å². The van der Waals surface area contributed by atoms with Gasteiger partial charge in [0.25, 0.3) is 0 Å². The average molecular weight is 262 g/mol. The fraction of sp³-hybridized carbons (Fsp3) is 0.429. The first-order valence-corrected chi connectivity index (χ1v) is 6.16. The van der Waals surface area contributed by atoms with E-state index in [0.29, 0.717) is 12.1 Å². The number of rotatable bonds is 3. The maximum absolute atomic E-state index is 11.5. The highest BCUT2D eigenvalue weighted by Crippen LogP contribution is 2.25. The molecule has 0 spiro atoms. The van der Waals surface area contributed by atoms with E-state index >= 15 is 0 Å². The second kappa shape index (κ2) is 4.57. The smallest absolute Gasteiger partial charge is 0.408 e. The maximum atomic E-state index is 11.5. The zero-order valence-electron chi connectivity index (χ0n) is 11.6. The molecule has 19 heavy (non-hydrogen) atoms. The third-order valence-corrected chi connectivity index (χ3v) is 3.35. The third kappa shape index (κ3) is 2.54. The number of carbonyl (C=O) groups excluding carboxylic acids is 1. The SMILES string of the molecule is CC(=O)NCC(C)(C)c1ccc2c(c1)oc(=O)n2C. The van der Waals surface area contributed by atoms with Gasteiger partial charge in [0.1, 0.15) is 0 Å². The van der Waals surface area contributed by atoms with Gasteiger partial charge in [-0.1, -0.05) is 19.9 Å². The van der Waals surface area contributed by atoms with Gasteiger partial charge in [0, 0.05) is 25.9 Å². The van der Waals surface area contributed by atoms with Crippen LogP contribution in [0.15, 0.2) is 27.4 Å². The van der Waals surface area contributed by atoms with Crippen molar-refractivity contribution in [3.63, 3.8) is 0 Å². The number of oxazole rings is 1. The summed E-state index contributed by atoms with van der Waals surface area (Å²) in [4.78, 5) is 22.5. The number of benzene rings is 1. The van der Waals surface area contributed by atoms with Crippen molar-refractivity contribution in [1.29, 1.82) is 0 Å². The molecule has 5 nitrogen and oxygen atoms in total. The Labute approximate surface area is 111 Å². The van der Waals surface area contributed by atoms with Crippen molar-refractivity contribution in [3.05, 3.63) is 34.3 Å². The maximum Gasteiger partial charge on any atom is 0.419 e. The van der Waals surface area contributed by atoms with Gasteiger partial charge in [-0.15, -0.1) is 0 Å². The predicted molar refractivity (Wildman–Crippen MR) is 73.2 cm³/mol. The van der Waals surface area contributed by atoms with Crippen LogP contribution in [0.4, 0.5) is 0 Å². The van der Waals surface area contributed by atoms with E-state index in [1.807, 2.05) is 32.0 Å².